The van der Waals surface area contributed by atoms with Crippen molar-refractivity contribution < 1.29 is 13.2 Å². The van der Waals surface area contributed by atoms with E-state index in [4.69, 9.17) is 0 Å². The third-order valence-corrected chi connectivity index (χ3v) is 3.74. The van der Waals surface area contributed by atoms with Crippen molar-refractivity contribution in [3.63, 3.8) is 0 Å². The van der Waals surface area contributed by atoms with Crippen LogP contribution in [0, 0.1) is 0 Å². The molecule has 2 N–H and O–H groups in total. The Labute approximate surface area is 107 Å². The van der Waals surface area contributed by atoms with Gasteiger partial charge in [0.15, 0.2) is 0 Å². The van der Waals surface area contributed by atoms with Gasteiger partial charge in [0.25, 0.3) is 0 Å². The number of halogens is 5. The van der Waals surface area contributed by atoms with Crippen LogP contribution in [0.5, 0.6) is 0 Å². The molecule has 0 unspecified atom stereocenters. The first-order chi connectivity index (χ1) is 7.24. The molecular formula is C9H7Br2F3N2. The first-order valence-corrected chi connectivity index (χ1v) is 5.94. The Morgan fingerprint density at radius 2 is 1.44 bits per heavy atom. The summed E-state index contributed by atoms with van der Waals surface area (Å²) in [7, 11) is 0. The molecule has 1 aliphatic heterocycles. The monoisotopic (exact) mass is 358 g/mol. The zero-order valence-electron chi connectivity index (χ0n) is 8.04. The van der Waals surface area contributed by atoms with E-state index in [1.165, 1.54) is 0 Å². The molecule has 0 aliphatic carbocycles. The summed E-state index contributed by atoms with van der Waals surface area (Å²) in [4.78, 5) is 0. The molecular weight excluding hydrogens is 353 g/mol. The summed E-state index contributed by atoms with van der Waals surface area (Å²) < 4.78 is 39.6. The molecule has 2 rings (SSSR count). The predicted molar refractivity (Wildman–Crippen MR) is 63.5 cm³/mol. The molecule has 0 bridgehead atoms. The molecule has 0 saturated heterocycles. The number of fused-ring (bicyclic) bond motifs is 1. The molecule has 0 radical (unpaired) electrons. The summed E-state index contributed by atoms with van der Waals surface area (Å²) in [6.07, 6.45) is -4.38. The third-order valence-electron chi connectivity index (χ3n) is 2.42. The average Bonchev–Trinajstić information content (AvgIpc) is 2.52. The second kappa shape index (κ2) is 3.53. The topological polar surface area (TPSA) is 24.1 Å². The Morgan fingerprint density at radius 1 is 1.06 bits per heavy atom. The molecule has 2 nitrogen and oxygen atoms in total. The maximum atomic E-state index is 12.8. The predicted octanol–water partition coefficient (Wildman–Crippen LogP) is 4.33. The lowest BCUT2D eigenvalue weighted by Crippen LogP contribution is -2.52. The fourth-order valence-electron chi connectivity index (χ4n) is 1.47. The van der Waals surface area contributed by atoms with Crippen LogP contribution in [0.3, 0.4) is 0 Å². The standard InChI is InChI=1S/C9H7Br2F3N2/c1-8(9(12,13)14)15-6-4(10)2-3-5(11)7(6)16-8/h2-3,15-16H,1H3. The van der Waals surface area contributed by atoms with E-state index in [9.17, 15) is 13.2 Å². The fraction of sp³-hybridized carbons (Fsp3) is 0.333. The van der Waals surface area contributed by atoms with Gasteiger partial charge in [0.05, 0.1) is 11.4 Å². The minimum atomic E-state index is -4.38. The highest BCUT2D eigenvalue weighted by atomic mass is 79.9. The normalized spacial score (nSPS) is 17.6. The Balaban J connectivity index is 2.49. The highest BCUT2D eigenvalue weighted by molar-refractivity contribution is 9.11. The number of nitrogens with one attached hydrogen (secondary N) is 2. The van der Waals surface area contributed by atoms with Gasteiger partial charge in [0.2, 0.25) is 5.66 Å². The quantitative estimate of drug-likeness (QED) is 0.720. The summed E-state index contributed by atoms with van der Waals surface area (Å²) in [5, 5.41) is 4.89. The van der Waals surface area contributed by atoms with Crippen LogP contribution in [-0.4, -0.2) is 11.8 Å². The summed E-state index contributed by atoms with van der Waals surface area (Å²) in [5.74, 6) is 0. The van der Waals surface area contributed by atoms with Crippen LogP contribution in [-0.2, 0) is 0 Å². The van der Waals surface area contributed by atoms with Gasteiger partial charge in [0.1, 0.15) is 0 Å². The van der Waals surface area contributed by atoms with E-state index in [2.05, 4.69) is 42.5 Å². The number of rotatable bonds is 0. The molecule has 1 heterocycles. The van der Waals surface area contributed by atoms with E-state index in [0.29, 0.717) is 20.3 Å². The van der Waals surface area contributed by atoms with E-state index in [1.807, 2.05) is 0 Å². The molecule has 16 heavy (non-hydrogen) atoms. The molecule has 7 heteroatoms. The Bertz CT molecular complexity index is 414. The lowest BCUT2D eigenvalue weighted by atomic mass is 10.2. The molecule has 1 aliphatic rings. The fourth-order valence-corrected chi connectivity index (χ4v) is 2.33. The van der Waals surface area contributed by atoms with E-state index in [-0.39, 0.29) is 0 Å². The van der Waals surface area contributed by atoms with Crippen LogP contribution in [0.2, 0.25) is 0 Å². The van der Waals surface area contributed by atoms with Gasteiger partial charge in [-0.2, -0.15) is 13.2 Å². The number of hydrogen-bond acceptors (Lipinski definition) is 2. The Kier molecular flexibility index (Phi) is 2.66. The molecule has 0 fully saturated rings. The van der Waals surface area contributed by atoms with Crippen molar-refractivity contribution in [3.8, 4) is 0 Å². The van der Waals surface area contributed by atoms with Crippen molar-refractivity contribution in [2.45, 2.75) is 18.8 Å². The van der Waals surface area contributed by atoms with E-state index < -0.39 is 11.8 Å². The van der Waals surface area contributed by atoms with Gasteiger partial charge in [-0.25, -0.2) is 0 Å². The summed E-state index contributed by atoms with van der Waals surface area (Å²) >= 11 is 6.42. The summed E-state index contributed by atoms with van der Waals surface area (Å²) in [6.45, 7) is 1.06. The first kappa shape index (κ1) is 12.0. The number of anilines is 2. The minimum absolute atomic E-state index is 0.411. The van der Waals surface area contributed by atoms with Gasteiger partial charge in [-0.1, -0.05) is 0 Å². The zero-order valence-corrected chi connectivity index (χ0v) is 11.2. The van der Waals surface area contributed by atoms with Gasteiger partial charge in [0, 0.05) is 8.95 Å². The second-order valence-corrected chi connectivity index (χ2v) is 5.36. The highest BCUT2D eigenvalue weighted by Gasteiger charge is 2.55. The largest absolute Gasteiger partial charge is 0.429 e. The van der Waals surface area contributed by atoms with Crippen LogP contribution in [0.25, 0.3) is 0 Å². The van der Waals surface area contributed by atoms with Gasteiger partial charge < -0.3 is 10.6 Å². The van der Waals surface area contributed by atoms with Crippen molar-refractivity contribution in [1.82, 2.24) is 0 Å². The van der Waals surface area contributed by atoms with Gasteiger partial charge in [-0.05, 0) is 50.9 Å². The molecule has 0 atom stereocenters. The first-order valence-electron chi connectivity index (χ1n) is 4.36. The third kappa shape index (κ3) is 1.69. The van der Waals surface area contributed by atoms with Crippen molar-refractivity contribution in [2.75, 3.05) is 10.6 Å². The summed E-state index contributed by atoms with van der Waals surface area (Å²) in [5.41, 5.74) is -1.31. The van der Waals surface area contributed by atoms with E-state index in [1.54, 1.807) is 12.1 Å². The van der Waals surface area contributed by atoms with E-state index in [0.717, 1.165) is 6.92 Å². The van der Waals surface area contributed by atoms with Crippen LogP contribution in [0.15, 0.2) is 21.1 Å². The SMILES string of the molecule is CC1(C(F)(F)F)Nc2c(Br)ccc(Br)c2N1. The van der Waals surface area contributed by atoms with Crippen LogP contribution >= 0.6 is 31.9 Å². The number of benzene rings is 1. The molecule has 0 spiro atoms. The van der Waals surface area contributed by atoms with Crippen LogP contribution in [0.1, 0.15) is 6.92 Å². The molecule has 1 aromatic carbocycles. The smallest absolute Gasteiger partial charge is 0.353 e. The van der Waals surface area contributed by atoms with Gasteiger partial charge in [-0.15, -0.1) is 0 Å². The second-order valence-electron chi connectivity index (χ2n) is 3.65. The Hall–Kier alpha value is -0.430. The molecule has 88 valence electrons. The van der Waals surface area contributed by atoms with Crippen LogP contribution in [0.4, 0.5) is 24.5 Å². The highest BCUT2D eigenvalue weighted by Crippen LogP contribution is 2.48. The molecule has 0 aromatic heterocycles. The average molecular weight is 360 g/mol. The van der Waals surface area contributed by atoms with Gasteiger partial charge >= 0.3 is 6.18 Å². The lowest BCUT2D eigenvalue weighted by Gasteiger charge is -2.28. The molecule has 0 amide bonds. The van der Waals surface area contributed by atoms with Crippen molar-refractivity contribution >= 4 is 43.2 Å². The van der Waals surface area contributed by atoms with Crippen LogP contribution < -0.4 is 10.6 Å². The van der Waals surface area contributed by atoms with Crippen molar-refractivity contribution in [2.24, 2.45) is 0 Å². The Morgan fingerprint density at radius 3 is 1.75 bits per heavy atom. The maximum Gasteiger partial charge on any atom is 0.429 e. The van der Waals surface area contributed by atoms with E-state index >= 15 is 0 Å². The van der Waals surface area contributed by atoms with Gasteiger partial charge in [-0.3, -0.25) is 0 Å². The molecule has 0 saturated carbocycles. The number of hydrogen-bond donors (Lipinski definition) is 2. The number of alkyl halides is 3. The minimum Gasteiger partial charge on any atom is -0.353 e. The lowest BCUT2D eigenvalue weighted by molar-refractivity contribution is -0.164. The van der Waals surface area contributed by atoms with Crippen molar-refractivity contribution in [1.29, 1.82) is 0 Å². The van der Waals surface area contributed by atoms with Crippen molar-refractivity contribution in [3.05, 3.63) is 21.1 Å². The molecule has 1 aromatic rings. The summed E-state index contributed by atoms with van der Waals surface area (Å²) in [6, 6.07) is 3.36. The zero-order chi connectivity index (χ0) is 12.1. The maximum absolute atomic E-state index is 12.8.